The molecule has 1 amide bonds. The average molecular weight is 442 g/mol. The Labute approximate surface area is 185 Å². The Balaban J connectivity index is 1.84. The monoisotopic (exact) mass is 441 g/mol. The van der Waals surface area contributed by atoms with Crippen LogP contribution in [0.25, 0.3) is 10.9 Å². The fourth-order valence-corrected chi connectivity index (χ4v) is 4.51. The van der Waals surface area contributed by atoms with Gasteiger partial charge in [0.25, 0.3) is 5.91 Å². The molecule has 1 aromatic carbocycles. The zero-order chi connectivity index (χ0) is 23.0. The van der Waals surface area contributed by atoms with Gasteiger partial charge in [0.2, 0.25) is 0 Å². The molecule has 0 aliphatic heterocycles. The van der Waals surface area contributed by atoms with Gasteiger partial charge >= 0.3 is 0 Å². The van der Waals surface area contributed by atoms with Gasteiger partial charge in [-0.1, -0.05) is 26.8 Å². The van der Waals surface area contributed by atoms with E-state index in [0.717, 1.165) is 24.2 Å². The van der Waals surface area contributed by atoms with Crippen molar-refractivity contribution in [2.24, 2.45) is 5.73 Å². The van der Waals surface area contributed by atoms with Gasteiger partial charge in [0.1, 0.15) is 5.69 Å². The van der Waals surface area contributed by atoms with Gasteiger partial charge in [0, 0.05) is 30.0 Å². The van der Waals surface area contributed by atoms with Crippen molar-refractivity contribution < 1.29 is 9.22 Å². The van der Waals surface area contributed by atoms with Crippen LogP contribution in [0.2, 0.25) is 18.1 Å². The molecule has 31 heavy (non-hydrogen) atoms. The summed E-state index contributed by atoms with van der Waals surface area (Å²) in [5.74, 6) is -0.523. The second-order valence-electron chi connectivity index (χ2n) is 9.87. The van der Waals surface area contributed by atoms with Gasteiger partial charge in [-0.2, -0.15) is 0 Å². The Morgan fingerprint density at radius 3 is 2.58 bits per heavy atom. The largest absolute Gasteiger partial charge is 0.415 e. The maximum Gasteiger partial charge on any atom is 0.268 e. The number of primary amides is 1. The van der Waals surface area contributed by atoms with E-state index in [4.69, 9.17) is 15.9 Å². The third-order valence-electron chi connectivity index (χ3n) is 6.53. The number of rotatable bonds is 8. The third kappa shape index (κ3) is 5.02. The Hall–Kier alpha value is -2.58. The van der Waals surface area contributed by atoms with Gasteiger partial charge in [0.05, 0.1) is 24.5 Å². The van der Waals surface area contributed by atoms with Crippen molar-refractivity contribution >= 4 is 30.8 Å². The fourth-order valence-electron chi connectivity index (χ4n) is 3.47. The topological polar surface area (TPSA) is 101 Å². The van der Waals surface area contributed by atoms with Crippen LogP contribution in [0.4, 0.5) is 5.69 Å². The van der Waals surface area contributed by atoms with Gasteiger partial charge in [-0.15, -0.1) is 0 Å². The molecule has 0 aliphatic carbocycles. The first kappa shape index (κ1) is 23.1. The maximum atomic E-state index is 11.6. The van der Waals surface area contributed by atoms with E-state index in [1.54, 1.807) is 12.5 Å². The first-order valence-corrected chi connectivity index (χ1v) is 13.6. The molecule has 0 spiro atoms. The van der Waals surface area contributed by atoms with Crippen LogP contribution < -0.4 is 11.5 Å². The number of benzene rings is 1. The Bertz CT molecular complexity index is 1080. The van der Waals surface area contributed by atoms with Crippen molar-refractivity contribution in [1.82, 2.24) is 14.1 Å². The number of nitrogens with zero attached hydrogens (tertiary/aromatic N) is 3. The molecule has 0 aliphatic rings. The Kier molecular flexibility index (Phi) is 6.34. The van der Waals surface area contributed by atoms with Crippen molar-refractivity contribution in [3.63, 3.8) is 0 Å². The number of hydrogen-bond acceptors (Lipinski definition) is 4. The van der Waals surface area contributed by atoms with Crippen LogP contribution in [0.5, 0.6) is 0 Å². The summed E-state index contributed by atoms with van der Waals surface area (Å²) in [6.45, 7) is 14.7. The lowest BCUT2D eigenvalue weighted by molar-refractivity contribution is 0.0995. The normalized spacial score (nSPS) is 13.6. The van der Waals surface area contributed by atoms with Crippen molar-refractivity contribution in [2.75, 3.05) is 12.3 Å². The highest BCUT2D eigenvalue weighted by Gasteiger charge is 2.37. The Morgan fingerprint density at radius 2 is 1.97 bits per heavy atom. The summed E-state index contributed by atoms with van der Waals surface area (Å²) in [5.41, 5.74) is 14.8. The van der Waals surface area contributed by atoms with Gasteiger partial charge in [-0.25, -0.2) is 4.98 Å². The third-order valence-corrected chi connectivity index (χ3v) is 11.0. The number of anilines is 1. The summed E-state index contributed by atoms with van der Waals surface area (Å²) >= 11 is 0. The van der Waals surface area contributed by atoms with E-state index in [9.17, 15) is 4.79 Å². The SMILES string of the molecule is Cc1cn(CC[C@H](CO[Si](C)(C)C(C)(C)C)n2cnc(C(N)=O)c2)c2cc(N)ccc12. The summed E-state index contributed by atoms with van der Waals surface area (Å²) < 4.78 is 10.7. The van der Waals surface area contributed by atoms with Crippen molar-refractivity contribution in [1.29, 1.82) is 0 Å². The molecule has 0 fully saturated rings. The quantitative estimate of drug-likeness (QED) is 0.397. The summed E-state index contributed by atoms with van der Waals surface area (Å²) in [7, 11) is -1.92. The summed E-state index contributed by atoms with van der Waals surface area (Å²) in [6, 6.07) is 6.07. The first-order valence-electron chi connectivity index (χ1n) is 10.7. The number of hydrogen-bond donors (Lipinski definition) is 2. The second kappa shape index (κ2) is 8.51. The zero-order valence-corrected chi connectivity index (χ0v) is 20.5. The molecule has 2 heterocycles. The molecule has 0 bridgehead atoms. The van der Waals surface area contributed by atoms with Crippen LogP contribution in [0.15, 0.2) is 36.9 Å². The summed E-state index contributed by atoms with van der Waals surface area (Å²) in [4.78, 5) is 15.7. The molecule has 4 N–H and O–H groups in total. The van der Waals surface area contributed by atoms with Crippen LogP contribution in [-0.4, -0.2) is 34.9 Å². The molecule has 3 aromatic rings. The van der Waals surface area contributed by atoms with Crippen LogP contribution in [0, 0.1) is 6.92 Å². The number of nitrogens with two attached hydrogens (primary N) is 2. The number of carbonyl (C=O) groups is 1. The molecular formula is C23H35N5O2Si. The minimum absolute atomic E-state index is 0.0357. The second-order valence-corrected chi connectivity index (χ2v) is 14.7. The molecule has 0 saturated carbocycles. The standard InChI is InChI=1S/C23H35N5O2Si/c1-16-12-27(21-11-17(24)7-8-19(16)21)10-9-18(14-30-31(5,6)23(2,3)4)28-13-20(22(25)29)26-15-28/h7-8,11-13,15,18H,9-10,14,24H2,1-6H3,(H2,25,29)/t18-/m1/s1. The minimum Gasteiger partial charge on any atom is -0.415 e. The van der Waals surface area contributed by atoms with E-state index < -0.39 is 14.2 Å². The molecule has 1 atom stereocenters. The Morgan fingerprint density at radius 1 is 1.26 bits per heavy atom. The van der Waals surface area contributed by atoms with Crippen LogP contribution in [-0.2, 0) is 11.0 Å². The average Bonchev–Trinajstić information content (AvgIpc) is 3.26. The molecule has 0 saturated heterocycles. The van der Waals surface area contributed by atoms with Crippen LogP contribution in [0.1, 0.15) is 49.3 Å². The lowest BCUT2D eigenvalue weighted by Crippen LogP contribution is -2.42. The summed E-state index contributed by atoms with van der Waals surface area (Å²) in [5, 5.41) is 1.33. The van der Waals surface area contributed by atoms with E-state index in [-0.39, 0.29) is 16.8 Å². The van der Waals surface area contributed by atoms with E-state index in [2.05, 4.69) is 62.6 Å². The highest BCUT2D eigenvalue weighted by molar-refractivity contribution is 6.74. The highest BCUT2D eigenvalue weighted by atomic mass is 28.4. The van der Waals surface area contributed by atoms with Crippen molar-refractivity contribution in [3.05, 3.63) is 48.2 Å². The molecular weight excluding hydrogens is 406 g/mol. The molecule has 0 unspecified atom stereocenters. The zero-order valence-electron chi connectivity index (χ0n) is 19.5. The van der Waals surface area contributed by atoms with E-state index >= 15 is 0 Å². The van der Waals surface area contributed by atoms with Crippen LogP contribution in [0.3, 0.4) is 0 Å². The van der Waals surface area contributed by atoms with E-state index in [1.807, 2.05) is 16.7 Å². The number of amides is 1. The molecule has 0 radical (unpaired) electrons. The fraction of sp³-hybridized carbons (Fsp3) is 0.478. The van der Waals surface area contributed by atoms with E-state index in [1.165, 1.54) is 10.9 Å². The number of carbonyl (C=O) groups excluding carboxylic acids is 1. The van der Waals surface area contributed by atoms with E-state index in [0.29, 0.717) is 6.61 Å². The minimum atomic E-state index is -1.92. The number of imidazole rings is 1. The first-order chi connectivity index (χ1) is 14.4. The summed E-state index contributed by atoms with van der Waals surface area (Å²) in [6.07, 6.45) is 6.38. The molecule has 3 rings (SSSR count). The number of nitrogen functional groups attached to an aromatic ring is 1. The predicted octanol–water partition coefficient (Wildman–Crippen LogP) is 4.48. The highest BCUT2D eigenvalue weighted by Crippen LogP contribution is 2.37. The van der Waals surface area contributed by atoms with Gasteiger partial charge in [-0.05, 0) is 49.2 Å². The molecule has 2 aromatic heterocycles. The van der Waals surface area contributed by atoms with Gasteiger partial charge < -0.3 is 25.0 Å². The van der Waals surface area contributed by atoms with Crippen molar-refractivity contribution in [3.8, 4) is 0 Å². The van der Waals surface area contributed by atoms with Crippen molar-refractivity contribution in [2.45, 2.75) is 64.8 Å². The number of aryl methyl sites for hydroxylation is 2. The smallest absolute Gasteiger partial charge is 0.268 e. The molecule has 168 valence electrons. The van der Waals surface area contributed by atoms with Gasteiger partial charge in [0.15, 0.2) is 8.32 Å². The van der Waals surface area contributed by atoms with Crippen LogP contribution >= 0.6 is 0 Å². The number of fused-ring (bicyclic) bond motifs is 1. The van der Waals surface area contributed by atoms with Gasteiger partial charge in [-0.3, -0.25) is 4.79 Å². The number of aromatic nitrogens is 3. The molecule has 8 heteroatoms. The lowest BCUT2D eigenvalue weighted by Gasteiger charge is -2.37. The molecule has 7 nitrogen and oxygen atoms in total. The predicted molar refractivity (Wildman–Crippen MR) is 129 cm³/mol. The maximum absolute atomic E-state index is 11.6. The lowest BCUT2D eigenvalue weighted by atomic mass is 10.2.